The number of benzene rings is 1. The molecule has 1 heterocycles. The van der Waals surface area contributed by atoms with Crippen LogP contribution in [0, 0.1) is 17.2 Å². The van der Waals surface area contributed by atoms with Gasteiger partial charge in [0, 0.05) is 12.0 Å². The van der Waals surface area contributed by atoms with E-state index >= 15 is 0 Å². The third-order valence-electron chi connectivity index (χ3n) is 3.56. The second-order valence-electron chi connectivity index (χ2n) is 4.59. The molecular weight excluding hydrogens is 232 g/mol. The first-order valence-corrected chi connectivity index (χ1v) is 5.85. The summed E-state index contributed by atoms with van der Waals surface area (Å²) in [6, 6.07) is 10.5. The fourth-order valence-electron chi connectivity index (χ4n) is 2.62. The number of hydrogen-bond donors (Lipinski definition) is 1. The Morgan fingerprint density at radius 3 is 2.78 bits per heavy atom. The number of hydroxylamine groups is 2. The van der Waals surface area contributed by atoms with Gasteiger partial charge in [0.2, 0.25) is 0 Å². The highest BCUT2D eigenvalue weighted by atomic mass is 16.7. The van der Waals surface area contributed by atoms with Crippen LogP contribution in [-0.2, 0) is 4.84 Å². The monoisotopic (exact) mass is 244 g/mol. The molecule has 2 bridgehead atoms. The van der Waals surface area contributed by atoms with Crippen molar-refractivity contribution in [1.29, 1.82) is 5.26 Å². The maximum Gasteiger partial charge on any atom is 0.277 e. The molecule has 92 valence electrons. The van der Waals surface area contributed by atoms with Gasteiger partial charge < -0.3 is 5.11 Å². The van der Waals surface area contributed by atoms with Gasteiger partial charge in [-0.15, -0.1) is 0 Å². The zero-order valence-electron chi connectivity index (χ0n) is 9.56. The third kappa shape index (κ3) is 1.50. The molecule has 5 heteroatoms. The van der Waals surface area contributed by atoms with E-state index in [1.54, 1.807) is 24.3 Å². The largest absolute Gasteiger partial charge is 0.389 e. The van der Waals surface area contributed by atoms with Crippen LogP contribution in [0.3, 0.4) is 0 Å². The Hall–Kier alpha value is -1.90. The van der Waals surface area contributed by atoms with E-state index in [-0.39, 0.29) is 11.9 Å². The number of fused-ring (bicyclic) bond motifs is 2. The number of aliphatic hydroxyl groups excluding tert-OH is 1. The van der Waals surface area contributed by atoms with E-state index in [9.17, 15) is 9.90 Å². The zero-order valence-corrected chi connectivity index (χ0v) is 9.56. The van der Waals surface area contributed by atoms with Gasteiger partial charge >= 0.3 is 0 Å². The molecule has 0 aromatic heterocycles. The van der Waals surface area contributed by atoms with Crippen LogP contribution in [0.4, 0.5) is 0 Å². The van der Waals surface area contributed by atoms with Crippen LogP contribution < -0.4 is 0 Å². The number of carbonyl (C=O) groups is 1. The van der Waals surface area contributed by atoms with Crippen molar-refractivity contribution in [2.75, 3.05) is 0 Å². The highest BCUT2D eigenvalue weighted by molar-refractivity contribution is 5.93. The summed E-state index contributed by atoms with van der Waals surface area (Å²) < 4.78 is 0. The number of nitrogens with zero attached hydrogens (tertiary/aromatic N) is 2. The van der Waals surface area contributed by atoms with E-state index in [2.05, 4.69) is 6.07 Å². The van der Waals surface area contributed by atoms with Gasteiger partial charge in [0.1, 0.15) is 12.2 Å². The van der Waals surface area contributed by atoms with Crippen molar-refractivity contribution in [3.8, 4) is 6.07 Å². The van der Waals surface area contributed by atoms with Crippen molar-refractivity contribution in [2.45, 2.75) is 24.7 Å². The normalized spacial score (nSPS) is 33.4. The Morgan fingerprint density at radius 2 is 2.17 bits per heavy atom. The summed E-state index contributed by atoms with van der Waals surface area (Å²) in [5, 5.41) is 20.0. The first kappa shape index (κ1) is 11.2. The maximum atomic E-state index is 12.2. The first-order chi connectivity index (χ1) is 8.72. The number of hydrogen-bond acceptors (Lipinski definition) is 4. The lowest BCUT2D eigenvalue weighted by Gasteiger charge is -2.31. The minimum absolute atomic E-state index is 0.254. The highest BCUT2D eigenvalue weighted by Crippen LogP contribution is 2.40. The molecule has 0 radical (unpaired) electrons. The first-order valence-electron chi connectivity index (χ1n) is 5.85. The van der Waals surface area contributed by atoms with Crippen LogP contribution in [0.25, 0.3) is 0 Å². The standard InChI is InChI=1S/C13H12N2O3/c14-7-9-10-6-11(12(9)16)18-15(10)13(17)8-4-2-1-3-5-8/h1-5,9-12,16H,6H2/t9-,10+,11-,12-/m0/s1. The van der Waals surface area contributed by atoms with Crippen molar-refractivity contribution in [3.05, 3.63) is 35.9 Å². The number of nitriles is 1. The molecular formula is C13H12N2O3. The lowest BCUT2D eigenvalue weighted by Crippen LogP contribution is -2.47. The summed E-state index contributed by atoms with van der Waals surface area (Å²) in [6.07, 6.45) is -0.704. The predicted octanol–water partition coefficient (Wildman–Crippen LogP) is 0.716. The Bertz CT molecular complexity index is 511. The average molecular weight is 244 g/mol. The number of rotatable bonds is 1. The van der Waals surface area contributed by atoms with Crippen LogP contribution >= 0.6 is 0 Å². The van der Waals surface area contributed by atoms with Crippen molar-refractivity contribution in [1.82, 2.24) is 5.06 Å². The minimum atomic E-state index is -0.792. The van der Waals surface area contributed by atoms with Crippen LogP contribution in [0.1, 0.15) is 16.8 Å². The summed E-state index contributed by atoms with van der Waals surface area (Å²) in [6.45, 7) is 0. The minimum Gasteiger partial charge on any atom is -0.389 e. The fraction of sp³-hybridized carbons (Fsp3) is 0.385. The van der Waals surface area contributed by atoms with Crippen LogP contribution in [0.15, 0.2) is 30.3 Å². The second kappa shape index (κ2) is 4.09. The molecule has 1 amide bonds. The number of aliphatic hydroxyl groups is 1. The fourth-order valence-corrected chi connectivity index (χ4v) is 2.62. The van der Waals surface area contributed by atoms with Gasteiger partial charge in [0.25, 0.3) is 5.91 Å². The Kier molecular flexibility index (Phi) is 2.54. The molecule has 1 saturated heterocycles. The van der Waals surface area contributed by atoms with Crippen molar-refractivity contribution in [2.24, 2.45) is 5.92 Å². The van der Waals surface area contributed by atoms with Crippen molar-refractivity contribution in [3.63, 3.8) is 0 Å². The van der Waals surface area contributed by atoms with E-state index in [4.69, 9.17) is 10.1 Å². The predicted molar refractivity (Wildman–Crippen MR) is 61.0 cm³/mol. The second-order valence-corrected chi connectivity index (χ2v) is 4.59. The summed E-state index contributed by atoms with van der Waals surface area (Å²) in [7, 11) is 0. The van der Waals surface area contributed by atoms with E-state index in [1.165, 1.54) is 5.06 Å². The summed E-state index contributed by atoms with van der Waals surface area (Å²) in [5.41, 5.74) is 0.524. The van der Waals surface area contributed by atoms with E-state index in [0.29, 0.717) is 12.0 Å². The van der Waals surface area contributed by atoms with Gasteiger partial charge in [0.15, 0.2) is 0 Å². The maximum absolute atomic E-state index is 12.2. The molecule has 1 aliphatic heterocycles. The summed E-state index contributed by atoms with van der Waals surface area (Å²) in [4.78, 5) is 17.6. The lowest BCUT2D eigenvalue weighted by molar-refractivity contribution is -0.194. The van der Waals surface area contributed by atoms with Crippen LogP contribution in [0.5, 0.6) is 0 Å². The molecule has 1 saturated carbocycles. The van der Waals surface area contributed by atoms with Crippen LogP contribution in [0.2, 0.25) is 0 Å². The summed E-state index contributed by atoms with van der Waals surface area (Å²) in [5.74, 6) is -0.813. The summed E-state index contributed by atoms with van der Waals surface area (Å²) >= 11 is 0. The number of carbonyl (C=O) groups excluding carboxylic acids is 1. The van der Waals surface area contributed by atoms with Gasteiger partial charge in [-0.05, 0) is 12.1 Å². The van der Waals surface area contributed by atoms with E-state index in [0.717, 1.165) is 0 Å². The van der Waals surface area contributed by atoms with E-state index in [1.807, 2.05) is 6.07 Å². The molecule has 5 nitrogen and oxygen atoms in total. The van der Waals surface area contributed by atoms with Crippen molar-refractivity contribution < 1.29 is 14.7 Å². The highest BCUT2D eigenvalue weighted by Gasteiger charge is 2.55. The van der Waals surface area contributed by atoms with Gasteiger partial charge in [-0.3, -0.25) is 9.63 Å². The molecule has 4 atom stereocenters. The topological polar surface area (TPSA) is 73.6 Å². The van der Waals surface area contributed by atoms with Crippen molar-refractivity contribution >= 4 is 5.91 Å². The molecule has 0 unspecified atom stereocenters. The van der Waals surface area contributed by atoms with Gasteiger partial charge in [-0.2, -0.15) is 5.26 Å². The molecule has 1 aliphatic carbocycles. The smallest absolute Gasteiger partial charge is 0.277 e. The molecule has 0 spiro atoms. The molecule has 3 rings (SSSR count). The molecule has 2 aliphatic rings. The number of amides is 1. The lowest BCUT2D eigenvalue weighted by atomic mass is 10.0. The molecule has 18 heavy (non-hydrogen) atoms. The molecule has 2 fully saturated rings. The average Bonchev–Trinajstić information content (AvgIpc) is 2.96. The Morgan fingerprint density at radius 1 is 1.44 bits per heavy atom. The zero-order chi connectivity index (χ0) is 12.7. The van der Waals surface area contributed by atoms with Gasteiger partial charge in [-0.25, -0.2) is 5.06 Å². The van der Waals surface area contributed by atoms with Crippen LogP contribution in [-0.4, -0.2) is 34.3 Å². The van der Waals surface area contributed by atoms with Gasteiger partial charge in [0.05, 0.1) is 18.0 Å². The Labute approximate surface area is 104 Å². The third-order valence-corrected chi connectivity index (χ3v) is 3.56. The van der Waals surface area contributed by atoms with Gasteiger partial charge in [-0.1, -0.05) is 18.2 Å². The van der Waals surface area contributed by atoms with E-state index < -0.39 is 18.1 Å². The molecule has 1 aromatic rings. The molecule has 1 aromatic carbocycles. The quantitative estimate of drug-likeness (QED) is 0.789. The SMILES string of the molecule is N#C[C@@H]1[C@H](O)[C@@H]2C[C@H]1N(C(=O)c1ccccc1)O2. The molecule has 1 N–H and O–H groups in total. The Balaban J connectivity index is 1.84.